The Hall–Kier alpha value is -2.43. The van der Waals surface area contributed by atoms with Crippen molar-refractivity contribution in [3.05, 3.63) is 42.4 Å². The molecule has 0 N–H and O–H groups in total. The highest BCUT2D eigenvalue weighted by molar-refractivity contribution is 5.87. The van der Waals surface area contributed by atoms with E-state index in [1.54, 1.807) is 6.33 Å². The van der Waals surface area contributed by atoms with Gasteiger partial charge >= 0.3 is 0 Å². The second-order valence-electron chi connectivity index (χ2n) is 5.83. The van der Waals surface area contributed by atoms with Crippen LogP contribution in [0, 0.1) is 6.92 Å². The molecule has 0 aliphatic carbocycles. The van der Waals surface area contributed by atoms with Crippen LogP contribution in [0.5, 0.6) is 0 Å². The van der Waals surface area contributed by atoms with Gasteiger partial charge in [0, 0.05) is 13.1 Å². The van der Waals surface area contributed by atoms with Gasteiger partial charge in [0.2, 0.25) is 0 Å². The number of hydrogen-bond donors (Lipinski definition) is 0. The van der Waals surface area contributed by atoms with Crippen molar-refractivity contribution in [2.45, 2.75) is 26.2 Å². The molecule has 2 aromatic heterocycles. The molecule has 1 fully saturated rings. The number of para-hydroxylation sites is 1. The molecule has 0 spiro atoms. The quantitative estimate of drug-likeness (QED) is 0.728. The highest BCUT2D eigenvalue weighted by Crippen LogP contribution is 2.27. The van der Waals surface area contributed by atoms with E-state index in [-0.39, 0.29) is 0 Å². The second-order valence-corrected chi connectivity index (χ2v) is 5.83. The van der Waals surface area contributed by atoms with Crippen molar-refractivity contribution in [1.82, 2.24) is 19.7 Å². The summed E-state index contributed by atoms with van der Waals surface area (Å²) in [5.74, 6) is 1.02. The van der Waals surface area contributed by atoms with E-state index in [1.807, 2.05) is 23.0 Å². The number of hydrogen-bond acceptors (Lipinski definition) is 4. The molecule has 0 unspecified atom stereocenters. The molecule has 0 saturated carbocycles. The molecule has 0 radical (unpaired) electrons. The van der Waals surface area contributed by atoms with Crippen molar-refractivity contribution < 1.29 is 0 Å². The molecule has 3 heterocycles. The van der Waals surface area contributed by atoms with Gasteiger partial charge in [-0.15, -0.1) is 0 Å². The van der Waals surface area contributed by atoms with Crippen LogP contribution < -0.4 is 4.90 Å². The molecule has 5 heteroatoms. The zero-order valence-corrected chi connectivity index (χ0v) is 12.7. The highest BCUT2D eigenvalue weighted by Gasteiger charge is 2.18. The van der Waals surface area contributed by atoms with Crippen LogP contribution >= 0.6 is 0 Å². The van der Waals surface area contributed by atoms with Gasteiger partial charge in [0.1, 0.15) is 12.1 Å². The summed E-state index contributed by atoms with van der Waals surface area (Å²) in [6.07, 6.45) is 7.33. The molecular weight excluding hydrogens is 274 g/mol. The Labute approximate surface area is 129 Å². The summed E-state index contributed by atoms with van der Waals surface area (Å²) in [6.45, 7) is 4.24. The van der Waals surface area contributed by atoms with Crippen LogP contribution in [0.4, 0.5) is 5.82 Å². The molecule has 1 aliphatic rings. The predicted octanol–water partition coefficient (Wildman–Crippen LogP) is 3.11. The Kier molecular flexibility index (Phi) is 3.25. The summed E-state index contributed by atoms with van der Waals surface area (Å²) < 4.78 is 1.92. The number of fused-ring (bicyclic) bond motifs is 1. The molecule has 1 aliphatic heterocycles. The van der Waals surface area contributed by atoms with Gasteiger partial charge in [-0.25, -0.2) is 14.6 Å². The number of rotatable bonds is 2. The van der Waals surface area contributed by atoms with Gasteiger partial charge in [0.05, 0.1) is 17.3 Å². The lowest BCUT2D eigenvalue weighted by Gasteiger charge is -2.27. The van der Waals surface area contributed by atoms with Gasteiger partial charge in [-0.2, -0.15) is 5.10 Å². The Bertz CT molecular complexity index is 802. The fourth-order valence-electron chi connectivity index (χ4n) is 3.17. The van der Waals surface area contributed by atoms with E-state index >= 15 is 0 Å². The molecule has 3 aromatic rings. The SMILES string of the molecule is Cc1ccccc1-n1ncc2c(N3CCCCC3)ncnc21. The molecule has 1 aromatic carbocycles. The lowest BCUT2D eigenvalue weighted by Crippen LogP contribution is -2.30. The van der Waals surface area contributed by atoms with E-state index in [4.69, 9.17) is 0 Å². The van der Waals surface area contributed by atoms with Crippen LogP contribution in [0.2, 0.25) is 0 Å². The maximum atomic E-state index is 4.57. The monoisotopic (exact) mass is 293 g/mol. The largest absolute Gasteiger partial charge is 0.356 e. The minimum absolute atomic E-state index is 0.880. The Morgan fingerprint density at radius 1 is 1.00 bits per heavy atom. The maximum Gasteiger partial charge on any atom is 0.168 e. The van der Waals surface area contributed by atoms with Gasteiger partial charge in [-0.3, -0.25) is 0 Å². The van der Waals surface area contributed by atoms with E-state index < -0.39 is 0 Å². The first-order chi connectivity index (χ1) is 10.8. The Morgan fingerprint density at radius 2 is 1.82 bits per heavy atom. The smallest absolute Gasteiger partial charge is 0.168 e. The fourth-order valence-corrected chi connectivity index (χ4v) is 3.17. The van der Waals surface area contributed by atoms with Crippen molar-refractivity contribution in [3.63, 3.8) is 0 Å². The summed E-state index contributed by atoms with van der Waals surface area (Å²) in [4.78, 5) is 11.4. The van der Waals surface area contributed by atoms with Crippen molar-refractivity contribution >= 4 is 16.9 Å². The number of nitrogens with zero attached hydrogens (tertiary/aromatic N) is 5. The zero-order chi connectivity index (χ0) is 14.9. The first-order valence-corrected chi connectivity index (χ1v) is 7.84. The molecular formula is C17H19N5. The minimum Gasteiger partial charge on any atom is -0.356 e. The van der Waals surface area contributed by atoms with E-state index in [0.717, 1.165) is 35.6 Å². The van der Waals surface area contributed by atoms with Gasteiger partial charge in [0.15, 0.2) is 5.65 Å². The topological polar surface area (TPSA) is 46.8 Å². The third-order valence-corrected chi connectivity index (χ3v) is 4.34. The van der Waals surface area contributed by atoms with Crippen LogP contribution in [0.15, 0.2) is 36.8 Å². The Morgan fingerprint density at radius 3 is 2.64 bits per heavy atom. The highest BCUT2D eigenvalue weighted by atomic mass is 15.3. The standard InChI is InChI=1S/C17H19N5/c1-13-7-3-4-8-15(13)22-17-14(11-20-22)16(18-12-19-17)21-9-5-2-6-10-21/h3-4,7-8,11-12H,2,5-6,9-10H2,1H3. The third-order valence-electron chi connectivity index (χ3n) is 4.34. The fraction of sp³-hybridized carbons (Fsp3) is 0.353. The molecule has 1 saturated heterocycles. The summed E-state index contributed by atoms with van der Waals surface area (Å²) in [5, 5.41) is 5.60. The van der Waals surface area contributed by atoms with Crippen LogP contribution in [0.25, 0.3) is 16.7 Å². The van der Waals surface area contributed by atoms with Gasteiger partial charge in [0.25, 0.3) is 0 Å². The summed E-state index contributed by atoms with van der Waals surface area (Å²) >= 11 is 0. The van der Waals surface area contributed by atoms with Gasteiger partial charge in [-0.1, -0.05) is 18.2 Å². The Balaban J connectivity index is 1.85. The van der Waals surface area contributed by atoms with Crippen molar-refractivity contribution in [1.29, 1.82) is 0 Å². The van der Waals surface area contributed by atoms with Crippen molar-refractivity contribution in [2.75, 3.05) is 18.0 Å². The van der Waals surface area contributed by atoms with E-state index in [1.165, 1.54) is 24.8 Å². The number of anilines is 1. The molecule has 0 bridgehead atoms. The van der Waals surface area contributed by atoms with Crippen LogP contribution in [-0.2, 0) is 0 Å². The van der Waals surface area contributed by atoms with Gasteiger partial charge in [-0.05, 0) is 37.8 Å². The minimum atomic E-state index is 0.880. The average molecular weight is 293 g/mol. The summed E-state index contributed by atoms with van der Waals surface area (Å²) in [5.41, 5.74) is 3.14. The van der Waals surface area contributed by atoms with Crippen molar-refractivity contribution in [3.8, 4) is 5.69 Å². The summed E-state index contributed by atoms with van der Waals surface area (Å²) in [7, 11) is 0. The average Bonchev–Trinajstić information content (AvgIpc) is 3.00. The predicted molar refractivity (Wildman–Crippen MR) is 87.5 cm³/mol. The maximum absolute atomic E-state index is 4.57. The zero-order valence-electron chi connectivity index (χ0n) is 12.7. The number of benzene rings is 1. The lowest BCUT2D eigenvalue weighted by atomic mass is 10.1. The first kappa shape index (κ1) is 13.2. The third kappa shape index (κ3) is 2.13. The van der Waals surface area contributed by atoms with Crippen LogP contribution in [0.1, 0.15) is 24.8 Å². The van der Waals surface area contributed by atoms with Crippen molar-refractivity contribution in [2.24, 2.45) is 0 Å². The molecule has 22 heavy (non-hydrogen) atoms. The summed E-state index contributed by atoms with van der Waals surface area (Å²) in [6, 6.07) is 8.24. The number of aromatic nitrogens is 4. The van der Waals surface area contributed by atoms with E-state index in [9.17, 15) is 0 Å². The molecule has 4 rings (SSSR count). The van der Waals surface area contributed by atoms with E-state index in [2.05, 4.69) is 39.0 Å². The second kappa shape index (κ2) is 5.40. The molecule has 0 amide bonds. The van der Waals surface area contributed by atoms with E-state index in [0.29, 0.717) is 0 Å². The molecule has 5 nitrogen and oxygen atoms in total. The number of piperidine rings is 1. The number of aryl methyl sites for hydroxylation is 1. The molecule has 0 atom stereocenters. The van der Waals surface area contributed by atoms with Gasteiger partial charge < -0.3 is 4.90 Å². The molecule has 112 valence electrons. The normalized spacial score (nSPS) is 15.4. The van der Waals surface area contributed by atoms with Crippen LogP contribution in [-0.4, -0.2) is 32.8 Å². The lowest BCUT2D eigenvalue weighted by molar-refractivity contribution is 0.574. The van der Waals surface area contributed by atoms with Crippen LogP contribution in [0.3, 0.4) is 0 Å². The first-order valence-electron chi connectivity index (χ1n) is 7.84.